The van der Waals surface area contributed by atoms with Gasteiger partial charge in [-0.2, -0.15) is 0 Å². The molecule has 2 heteroatoms. The molecule has 2 nitrogen and oxygen atoms in total. The SMILES string of the molecule is COc1c(C)cc([C@H](O)c2ccccc2)cc1C. The van der Waals surface area contributed by atoms with Gasteiger partial charge in [-0.3, -0.25) is 0 Å². The molecule has 0 saturated heterocycles. The maximum absolute atomic E-state index is 10.4. The molecule has 1 atom stereocenters. The average molecular weight is 242 g/mol. The van der Waals surface area contributed by atoms with Gasteiger partial charge in [0.25, 0.3) is 0 Å². The van der Waals surface area contributed by atoms with Crippen LogP contribution in [0.1, 0.15) is 28.4 Å². The van der Waals surface area contributed by atoms with E-state index in [1.54, 1.807) is 7.11 Å². The molecule has 18 heavy (non-hydrogen) atoms. The Kier molecular flexibility index (Phi) is 3.68. The van der Waals surface area contributed by atoms with E-state index in [9.17, 15) is 5.11 Å². The minimum absolute atomic E-state index is 0.588. The predicted molar refractivity (Wildman–Crippen MR) is 73.0 cm³/mol. The van der Waals surface area contributed by atoms with Gasteiger partial charge in [-0.05, 0) is 48.2 Å². The number of aliphatic hydroxyl groups excluding tert-OH is 1. The van der Waals surface area contributed by atoms with Gasteiger partial charge in [-0.1, -0.05) is 30.3 Å². The van der Waals surface area contributed by atoms with Crippen molar-refractivity contribution in [1.29, 1.82) is 0 Å². The third-order valence-electron chi connectivity index (χ3n) is 3.12. The van der Waals surface area contributed by atoms with E-state index in [2.05, 4.69) is 0 Å². The minimum Gasteiger partial charge on any atom is -0.496 e. The maximum atomic E-state index is 10.4. The third-order valence-corrected chi connectivity index (χ3v) is 3.12. The number of methoxy groups -OCH3 is 1. The van der Waals surface area contributed by atoms with Crippen LogP contribution >= 0.6 is 0 Å². The maximum Gasteiger partial charge on any atom is 0.124 e. The number of ether oxygens (including phenoxy) is 1. The van der Waals surface area contributed by atoms with Gasteiger partial charge in [0.05, 0.1) is 7.11 Å². The summed E-state index contributed by atoms with van der Waals surface area (Å²) in [4.78, 5) is 0. The summed E-state index contributed by atoms with van der Waals surface area (Å²) in [5, 5.41) is 10.4. The molecule has 0 aromatic heterocycles. The highest BCUT2D eigenvalue weighted by molar-refractivity contribution is 5.45. The van der Waals surface area contributed by atoms with Crippen molar-refractivity contribution in [3.05, 3.63) is 64.7 Å². The van der Waals surface area contributed by atoms with Crippen molar-refractivity contribution >= 4 is 0 Å². The van der Waals surface area contributed by atoms with E-state index in [4.69, 9.17) is 4.74 Å². The van der Waals surface area contributed by atoms with E-state index in [0.29, 0.717) is 0 Å². The van der Waals surface area contributed by atoms with Crippen molar-refractivity contribution in [2.24, 2.45) is 0 Å². The number of rotatable bonds is 3. The fourth-order valence-electron chi connectivity index (χ4n) is 2.29. The predicted octanol–water partition coefficient (Wildman–Crippen LogP) is 3.39. The van der Waals surface area contributed by atoms with Crippen molar-refractivity contribution in [2.45, 2.75) is 20.0 Å². The molecule has 0 radical (unpaired) electrons. The van der Waals surface area contributed by atoms with E-state index in [0.717, 1.165) is 28.0 Å². The molecule has 0 unspecified atom stereocenters. The monoisotopic (exact) mass is 242 g/mol. The van der Waals surface area contributed by atoms with E-state index in [-0.39, 0.29) is 0 Å². The van der Waals surface area contributed by atoms with Gasteiger partial charge in [0.2, 0.25) is 0 Å². The lowest BCUT2D eigenvalue weighted by molar-refractivity contribution is 0.220. The van der Waals surface area contributed by atoms with Crippen molar-refractivity contribution in [3.8, 4) is 5.75 Å². The van der Waals surface area contributed by atoms with Gasteiger partial charge >= 0.3 is 0 Å². The molecule has 2 rings (SSSR count). The summed E-state index contributed by atoms with van der Waals surface area (Å²) in [6, 6.07) is 13.6. The fraction of sp³-hybridized carbons (Fsp3) is 0.250. The first-order valence-corrected chi connectivity index (χ1v) is 6.01. The Morgan fingerprint density at radius 2 is 1.50 bits per heavy atom. The molecule has 0 bridgehead atoms. The van der Waals surface area contributed by atoms with Crippen LogP contribution in [0.25, 0.3) is 0 Å². The molecule has 2 aromatic rings. The van der Waals surface area contributed by atoms with Crippen LogP contribution in [0.2, 0.25) is 0 Å². The van der Waals surface area contributed by atoms with Gasteiger partial charge in [0, 0.05) is 0 Å². The van der Waals surface area contributed by atoms with E-state index >= 15 is 0 Å². The molecule has 0 fully saturated rings. The van der Waals surface area contributed by atoms with Gasteiger partial charge < -0.3 is 9.84 Å². The Hall–Kier alpha value is -1.80. The average Bonchev–Trinajstić information content (AvgIpc) is 2.38. The van der Waals surface area contributed by atoms with Crippen LogP contribution in [-0.2, 0) is 0 Å². The summed E-state index contributed by atoms with van der Waals surface area (Å²) in [5.41, 5.74) is 3.89. The molecule has 0 amide bonds. The molecule has 1 N–H and O–H groups in total. The minimum atomic E-state index is -0.588. The highest BCUT2D eigenvalue weighted by Crippen LogP contribution is 2.29. The topological polar surface area (TPSA) is 29.5 Å². The highest BCUT2D eigenvalue weighted by atomic mass is 16.5. The lowest BCUT2D eigenvalue weighted by atomic mass is 9.97. The zero-order valence-corrected chi connectivity index (χ0v) is 11.0. The number of aryl methyl sites for hydroxylation is 2. The number of aliphatic hydroxyl groups is 1. The van der Waals surface area contributed by atoms with Gasteiger partial charge in [0.15, 0.2) is 0 Å². The number of hydrogen-bond donors (Lipinski definition) is 1. The summed E-state index contributed by atoms with van der Waals surface area (Å²) >= 11 is 0. The molecule has 2 aromatic carbocycles. The molecule has 0 aliphatic carbocycles. The number of hydrogen-bond acceptors (Lipinski definition) is 2. The zero-order valence-electron chi connectivity index (χ0n) is 11.0. The van der Waals surface area contributed by atoms with Gasteiger partial charge in [-0.15, -0.1) is 0 Å². The Morgan fingerprint density at radius 3 is 2.00 bits per heavy atom. The molecule has 94 valence electrons. The second kappa shape index (κ2) is 5.23. The lowest BCUT2D eigenvalue weighted by Gasteiger charge is -2.16. The van der Waals surface area contributed by atoms with Crippen LogP contribution in [0.4, 0.5) is 0 Å². The van der Waals surface area contributed by atoms with Crippen LogP contribution in [0.5, 0.6) is 5.75 Å². The van der Waals surface area contributed by atoms with Gasteiger partial charge in [0.1, 0.15) is 11.9 Å². The largest absolute Gasteiger partial charge is 0.496 e. The smallest absolute Gasteiger partial charge is 0.124 e. The van der Waals surface area contributed by atoms with Crippen molar-refractivity contribution in [1.82, 2.24) is 0 Å². The van der Waals surface area contributed by atoms with Crippen LogP contribution < -0.4 is 4.74 Å². The quantitative estimate of drug-likeness (QED) is 0.894. The van der Waals surface area contributed by atoms with Crippen LogP contribution in [-0.4, -0.2) is 12.2 Å². The second-order valence-electron chi connectivity index (χ2n) is 4.50. The van der Waals surface area contributed by atoms with Crippen LogP contribution in [0, 0.1) is 13.8 Å². The number of benzene rings is 2. The normalized spacial score (nSPS) is 12.2. The van der Waals surface area contributed by atoms with E-state index in [1.165, 1.54) is 0 Å². The van der Waals surface area contributed by atoms with E-state index < -0.39 is 6.10 Å². The van der Waals surface area contributed by atoms with Gasteiger partial charge in [-0.25, -0.2) is 0 Å². The molecule has 0 aliphatic heterocycles. The standard InChI is InChI=1S/C16H18O2/c1-11-9-14(10-12(2)16(11)18-3)15(17)13-7-5-4-6-8-13/h4-10,15,17H,1-3H3/t15-/m1/s1. The molecular formula is C16H18O2. The van der Waals surface area contributed by atoms with Crippen molar-refractivity contribution in [3.63, 3.8) is 0 Å². The molecular weight excluding hydrogens is 224 g/mol. The summed E-state index contributed by atoms with van der Waals surface area (Å²) in [7, 11) is 1.67. The Balaban J connectivity index is 2.41. The summed E-state index contributed by atoms with van der Waals surface area (Å²) in [6.45, 7) is 3.99. The van der Waals surface area contributed by atoms with Crippen molar-refractivity contribution in [2.75, 3.05) is 7.11 Å². The first-order chi connectivity index (χ1) is 8.63. The highest BCUT2D eigenvalue weighted by Gasteiger charge is 2.13. The summed E-state index contributed by atoms with van der Waals surface area (Å²) < 4.78 is 5.33. The lowest BCUT2D eigenvalue weighted by Crippen LogP contribution is -2.02. The Morgan fingerprint density at radius 1 is 0.944 bits per heavy atom. The van der Waals surface area contributed by atoms with E-state index in [1.807, 2.05) is 56.3 Å². The summed E-state index contributed by atoms with van der Waals surface area (Å²) in [5.74, 6) is 0.888. The first-order valence-electron chi connectivity index (χ1n) is 6.01. The second-order valence-corrected chi connectivity index (χ2v) is 4.50. The summed E-state index contributed by atoms with van der Waals surface area (Å²) in [6.07, 6.45) is -0.588. The third kappa shape index (κ3) is 2.39. The van der Waals surface area contributed by atoms with Crippen LogP contribution in [0.3, 0.4) is 0 Å². The fourth-order valence-corrected chi connectivity index (χ4v) is 2.29. The first kappa shape index (κ1) is 12.7. The Bertz CT molecular complexity index is 509. The van der Waals surface area contributed by atoms with Crippen molar-refractivity contribution < 1.29 is 9.84 Å². The molecule has 0 aliphatic rings. The molecule has 0 heterocycles. The zero-order chi connectivity index (χ0) is 13.1. The molecule has 0 spiro atoms. The Labute approximate surface area is 108 Å². The van der Waals surface area contributed by atoms with Crippen LogP contribution in [0.15, 0.2) is 42.5 Å². The molecule has 0 saturated carbocycles.